The van der Waals surface area contributed by atoms with Crippen LogP contribution in [0.4, 0.5) is 0 Å². The Hall–Kier alpha value is -2.01. The Morgan fingerprint density at radius 3 is 2.54 bits per heavy atom. The van der Waals surface area contributed by atoms with Crippen molar-refractivity contribution in [3.05, 3.63) is 29.8 Å². The summed E-state index contributed by atoms with van der Waals surface area (Å²) in [6.07, 6.45) is -0.864. The van der Waals surface area contributed by atoms with Crippen LogP contribution in [-0.2, 0) is 29.1 Å². The highest BCUT2D eigenvalue weighted by molar-refractivity contribution is 7.89. The van der Waals surface area contributed by atoms with Crippen molar-refractivity contribution >= 4 is 21.8 Å². The highest BCUT2D eigenvalue weighted by atomic mass is 32.2. The second kappa shape index (κ2) is 9.08. The molecule has 0 aromatic heterocycles. The Labute approximate surface area is 152 Å². The standard InChI is InChI=1S/C16H23N3O6S/c1-12-3-5-13(6-4-12)26(22,23)19-8-10-25-14(19)11-18-16(21)15(20)17-7-9-24-2/h3-6,14H,7-11H2,1-2H3,(H,17,20)(H,18,21)/t14-/m1/s1. The molecule has 0 bridgehead atoms. The van der Waals surface area contributed by atoms with E-state index in [9.17, 15) is 18.0 Å². The molecule has 1 atom stereocenters. The van der Waals surface area contributed by atoms with E-state index in [1.807, 2.05) is 6.92 Å². The minimum absolute atomic E-state index is 0.123. The third-order valence-corrected chi connectivity index (χ3v) is 5.71. The molecule has 1 heterocycles. The molecule has 2 amide bonds. The van der Waals surface area contributed by atoms with E-state index in [4.69, 9.17) is 9.47 Å². The first-order valence-electron chi connectivity index (χ1n) is 8.11. The molecule has 0 aliphatic carbocycles. The van der Waals surface area contributed by atoms with Gasteiger partial charge >= 0.3 is 11.8 Å². The number of benzene rings is 1. The van der Waals surface area contributed by atoms with Gasteiger partial charge in [-0.1, -0.05) is 17.7 Å². The molecule has 1 saturated heterocycles. The molecule has 1 aliphatic rings. The molecular weight excluding hydrogens is 362 g/mol. The van der Waals surface area contributed by atoms with E-state index >= 15 is 0 Å². The van der Waals surface area contributed by atoms with Crippen LogP contribution in [0.5, 0.6) is 0 Å². The van der Waals surface area contributed by atoms with Gasteiger partial charge in [0.05, 0.1) is 24.7 Å². The summed E-state index contributed by atoms with van der Waals surface area (Å²) in [5.41, 5.74) is 0.949. The Morgan fingerprint density at radius 1 is 1.23 bits per heavy atom. The fourth-order valence-corrected chi connectivity index (χ4v) is 3.91. The van der Waals surface area contributed by atoms with Gasteiger partial charge in [0, 0.05) is 20.2 Å². The van der Waals surface area contributed by atoms with Gasteiger partial charge < -0.3 is 20.1 Å². The molecule has 0 saturated carbocycles. The molecule has 1 aromatic carbocycles. The second-order valence-corrected chi connectivity index (χ2v) is 7.60. The van der Waals surface area contributed by atoms with E-state index < -0.39 is 28.1 Å². The van der Waals surface area contributed by atoms with Crippen molar-refractivity contribution in [3.63, 3.8) is 0 Å². The molecule has 1 fully saturated rings. The zero-order chi connectivity index (χ0) is 19.2. The minimum atomic E-state index is -3.75. The topological polar surface area (TPSA) is 114 Å². The summed E-state index contributed by atoms with van der Waals surface area (Å²) in [4.78, 5) is 23.5. The van der Waals surface area contributed by atoms with Gasteiger partial charge in [-0.3, -0.25) is 9.59 Å². The van der Waals surface area contributed by atoms with Crippen LogP contribution in [0.1, 0.15) is 5.56 Å². The van der Waals surface area contributed by atoms with Crippen LogP contribution in [0.2, 0.25) is 0 Å². The lowest BCUT2D eigenvalue weighted by molar-refractivity contribution is -0.139. The normalized spacial score (nSPS) is 17.8. The fraction of sp³-hybridized carbons (Fsp3) is 0.500. The summed E-state index contributed by atoms with van der Waals surface area (Å²) in [7, 11) is -2.27. The van der Waals surface area contributed by atoms with Crippen molar-refractivity contribution in [1.29, 1.82) is 0 Å². The zero-order valence-corrected chi connectivity index (χ0v) is 15.5. The van der Waals surface area contributed by atoms with Gasteiger partial charge in [0.1, 0.15) is 6.23 Å². The average molecular weight is 385 g/mol. The van der Waals surface area contributed by atoms with Crippen LogP contribution >= 0.6 is 0 Å². The number of sulfonamides is 1. The summed E-state index contributed by atoms with van der Waals surface area (Å²) in [5, 5.41) is 4.77. The zero-order valence-electron chi connectivity index (χ0n) is 14.7. The average Bonchev–Trinajstić information content (AvgIpc) is 3.09. The van der Waals surface area contributed by atoms with E-state index in [2.05, 4.69) is 10.6 Å². The summed E-state index contributed by atoms with van der Waals surface area (Å²) < 4.78 is 36.9. The maximum atomic E-state index is 12.7. The summed E-state index contributed by atoms with van der Waals surface area (Å²) in [6.45, 7) is 2.62. The highest BCUT2D eigenvalue weighted by Gasteiger charge is 2.36. The smallest absolute Gasteiger partial charge is 0.309 e. The molecule has 2 N–H and O–H groups in total. The number of amides is 2. The van der Waals surface area contributed by atoms with E-state index in [1.54, 1.807) is 12.1 Å². The number of carbonyl (C=O) groups is 2. The maximum absolute atomic E-state index is 12.7. The number of hydrogen-bond acceptors (Lipinski definition) is 6. The fourth-order valence-electron chi connectivity index (χ4n) is 2.39. The van der Waals surface area contributed by atoms with Crippen LogP contribution in [0.25, 0.3) is 0 Å². The van der Waals surface area contributed by atoms with E-state index in [0.29, 0.717) is 0 Å². The lowest BCUT2D eigenvalue weighted by Gasteiger charge is -2.22. The number of nitrogens with zero attached hydrogens (tertiary/aromatic N) is 1. The van der Waals surface area contributed by atoms with Gasteiger partial charge in [0.15, 0.2) is 0 Å². The van der Waals surface area contributed by atoms with Gasteiger partial charge in [0.25, 0.3) is 0 Å². The lowest BCUT2D eigenvalue weighted by Crippen LogP contribution is -2.47. The molecule has 10 heteroatoms. The van der Waals surface area contributed by atoms with Gasteiger partial charge in [-0.2, -0.15) is 4.31 Å². The predicted octanol–water partition coefficient (Wildman–Crippen LogP) is -0.779. The first kappa shape index (κ1) is 20.3. The van der Waals surface area contributed by atoms with Crippen molar-refractivity contribution in [1.82, 2.24) is 14.9 Å². The van der Waals surface area contributed by atoms with Crippen LogP contribution < -0.4 is 10.6 Å². The van der Waals surface area contributed by atoms with Crippen LogP contribution in [0, 0.1) is 6.92 Å². The Bertz CT molecular complexity index is 735. The summed E-state index contributed by atoms with van der Waals surface area (Å²) in [6, 6.07) is 6.49. The van der Waals surface area contributed by atoms with E-state index in [1.165, 1.54) is 23.5 Å². The van der Waals surface area contributed by atoms with Crippen molar-refractivity contribution in [2.24, 2.45) is 0 Å². The van der Waals surface area contributed by atoms with Crippen molar-refractivity contribution in [2.45, 2.75) is 18.0 Å². The Balaban J connectivity index is 1.96. The molecule has 1 aromatic rings. The molecular formula is C16H23N3O6S. The number of methoxy groups -OCH3 is 1. The number of nitrogens with one attached hydrogen (secondary N) is 2. The largest absolute Gasteiger partial charge is 0.383 e. The van der Waals surface area contributed by atoms with E-state index in [0.717, 1.165) is 5.56 Å². The van der Waals surface area contributed by atoms with Crippen LogP contribution in [0.15, 0.2) is 29.2 Å². The number of ether oxygens (including phenoxy) is 2. The van der Waals surface area contributed by atoms with Crippen LogP contribution in [0.3, 0.4) is 0 Å². The molecule has 2 rings (SSSR count). The number of rotatable bonds is 7. The number of carbonyl (C=O) groups excluding carboxylic acids is 2. The molecule has 144 valence electrons. The first-order valence-corrected chi connectivity index (χ1v) is 9.55. The highest BCUT2D eigenvalue weighted by Crippen LogP contribution is 2.22. The van der Waals surface area contributed by atoms with Crippen molar-refractivity contribution in [2.75, 3.05) is 40.0 Å². The molecule has 9 nitrogen and oxygen atoms in total. The van der Waals surface area contributed by atoms with Crippen molar-refractivity contribution < 1.29 is 27.5 Å². The summed E-state index contributed by atoms with van der Waals surface area (Å²) in [5.74, 6) is -1.67. The maximum Gasteiger partial charge on any atom is 0.309 e. The third kappa shape index (κ3) is 5.01. The Morgan fingerprint density at radius 2 is 1.88 bits per heavy atom. The molecule has 0 unspecified atom stereocenters. The Kier molecular flexibility index (Phi) is 7.09. The lowest BCUT2D eigenvalue weighted by atomic mass is 10.2. The van der Waals surface area contributed by atoms with Crippen LogP contribution in [-0.4, -0.2) is 70.7 Å². The number of aryl methyl sites for hydroxylation is 1. The predicted molar refractivity (Wildman–Crippen MR) is 92.7 cm³/mol. The van der Waals surface area contributed by atoms with Gasteiger partial charge in [0.2, 0.25) is 10.0 Å². The van der Waals surface area contributed by atoms with Gasteiger partial charge in [-0.05, 0) is 19.1 Å². The van der Waals surface area contributed by atoms with Crippen molar-refractivity contribution in [3.8, 4) is 0 Å². The summed E-state index contributed by atoms with van der Waals surface area (Å²) >= 11 is 0. The minimum Gasteiger partial charge on any atom is -0.383 e. The number of hydrogen-bond donors (Lipinski definition) is 2. The monoisotopic (exact) mass is 385 g/mol. The van der Waals surface area contributed by atoms with Gasteiger partial charge in [-0.25, -0.2) is 8.42 Å². The molecule has 1 aliphatic heterocycles. The molecule has 0 radical (unpaired) electrons. The third-order valence-electron chi connectivity index (χ3n) is 3.81. The first-order chi connectivity index (χ1) is 12.4. The quantitative estimate of drug-likeness (QED) is 0.470. The second-order valence-electron chi connectivity index (χ2n) is 5.71. The molecule has 0 spiro atoms. The molecule has 26 heavy (non-hydrogen) atoms. The SMILES string of the molecule is COCCNC(=O)C(=O)NC[C@H]1OCCN1S(=O)(=O)c1ccc(C)cc1. The van der Waals surface area contributed by atoms with E-state index in [-0.39, 0.29) is 37.7 Å². The van der Waals surface area contributed by atoms with Gasteiger partial charge in [-0.15, -0.1) is 0 Å².